The lowest BCUT2D eigenvalue weighted by Crippen LogP contribution is -2.27. The third-order valence-electron chi connectivity index (χ3n) is 4.40. The zero-order valence-corrected chi connectivity index (χ0v) is 18.4. The molecule has 0 aliphatic carbocycles. The van der Waals surface area contributed by atoms with Crippen LogP contribution in [0.4, 0.5) is 5.69 Å². The molecule has 0 atom stereocenters. The largest absolute Gasteiger partial charge is 0.324 e. The maximum atomic E-state index is 12.9. The van der Waals surface area contributed by atoms with E-state index in [0.29, 0.717) is 20.9 Å². The van der Waals surface area contributed by atoms with E-state index in [4.69, 9.17) is 16.9 Å². The summed E-state index contributed by atoms with van der Waals surface area (Å²) in [6.45, 7) is -0.160. The molecule has 2 aromatic carbocycles. The van der Waals surface area contributed by atoms with Gasteiger partial charge in [0.05, 0.1) is 29.4 Å². The number of benzene rings is 2. The van der Waals surface area contributed by atoms with Crippen LogP contribution in [0.2, 0.25) is 5.02 Å². The summed E-state index contributed by atoms with van der Waals surface area (Å²) >= 11 is 8.62. The highest BCUT2D eigenvalue weighted by atomic mass is 35.5. The zero-order valence-electron chi connectivity index (χ0n) is 16.0. The minimum absolute atomic E-state index is 0.160. The number of halogens is 1. The van der Waals surface area contributed by atoms with Gasteiger partial charge in [0.25, 0.3) is 5.56 Å². The molecule has 154 valence electrons. The van der Waals surface area contributed by atoms with Gasteiger partial charge in [-0.15, -0.1) is 23.1 Å². The number of thiophene rings is 1. The van der Waals surface area contributed by atoms with E-state index in [-0.39, 0.29) is 23.8 Å². The maximum Gasteiger partial charge on any atom is 0.271 e. The molecular formula is C22H15ClN4O2S2. The van der Waals surface area contributed by atoms with Crippen LogP contribution in [0.25, 0.3) is 20.7 Å². The molecule has 0 saturated carbocycles. The van der Waals surface area contributed by atoms with Crippen LogP contribution in [0.1, 0.15) is 0 Å². The highest BCUT2D eigenvalue weighted by Crippen LogP contribution is 2.31. The van der Waals surface area contributed by atoms with Crippen molar-refractivity contribution in [3.63, 3.8) is 0 Å². The molecule has 9 heteroatoms. The first-order valence-corrected chi connectivity index (χ1v) is 11.4. The van der Waals surface area contributed by atoms with Crippen molar-refractivity contribution in [1.82, 2.24) is 9.55 Å². The van der Waals surface area contributed by atoms with E-state index in [1.165, 1.54) is 34.0 Å². The second kappa shape index (κ2) is 9.35. The van der Waals surface area contributed by atoms with Gasteiger partial charge in [-0.25, -0.2) is 4.98 Å². The molecule has 4 aromatic rings. The summed E-state index contributed by atoms with van der Waals surface area (Å²) < 4.78 is 1.79. The second-order valence-corrected chi connectivity index (χ2v) is 9.01. The third-order valence-corrected chi connectivity index (χ3v) is 6.75. The van der Waals surface area contributed by atoms with Gasteiger partial charge in [0.2, 0.25) is 5.91 Å². The first kappa shape index (κ1) is 21.1. The van der Waals surface area contributed by atoms with Gasteiger partial charge in [-0.2, -0.15) is 5.26 Å². The summed E-state index contributed by atoms with van der Waals surface area (Å²) in [6.07, 6.45) is 1.39. The van der Waals surface area contributed by atoms with Crippen LogP contribution in [0.5, 0.6) is 0 Å². The molecule has 0 aliphatic heterocycles. The molecule has 1 amide bonds. The molecule has 6 nitrogen and oxygen atoms in total. The van der Waals surface area contributed by atoms with Gasteiger partial charge >= 0.3 is 0 Å². The maximum absolute atomic E-state index is 12.9. The molecule has 0 aliphatic rings. The number of hydrogen-bond donors (Lipinski definition) is 1. The van der Waals surface area contributed by atoms with Gasteiger partial charge in [-0.3, -0.25) is 14.2 Å². The van der Waals surface area contributed by atoms with Crippen molar-refractivity contribution in [2.45, 2.75) is 11.4 Å². The van der Waals surface area contributed by atoms with E-state index >= 15 is 0 Å². The lowest BCUT2D eigenvalue weighted by Gasteiger charge is -2.10. The summed E-state index contributed by atoms with van der Waals surface area (Å²) in [5, 5.41) is 12.2. The SMILES string of the molecule is N#CCSc1ccccc1NC(=O)Cn1cnc2cc(-c3ccc(Cl)cc3)sc2c1=O. The van der Waals surface area contributed by atoms with Gasteiger partial charge in [-0.1, -0.05) is 35.9 Å². The molecule has 0 radical (unpaired) electrons. The Morgan fingerprint density at radius 1 is 1.23 bits per heavy atom. The summed E-state index contributed by atoms with van der Waals surface area (Å²) in [4.78, 5) is 31.5. The van der Waals surface area contributed by atoms with Crippen LogP contribution >= 0.6 is 34.7 Å². The number of nitrogens with zero attached hydrogens (tertiary/aromatic N) is 3. The standard InChI is InChI=1S/C22H15ClN4O2S2/c23-15-7-5-14(6-8-15)19-11-17-21(31-19)22(29)27(13-25-17)12-20(28)26-16-3-1-2-4-18(16)30-10-9-24/h1-8,11,13H,10,12H2,(H,26,28). The number of carbonyl (C=O) groups excluding carboxylic acids is 1. The number of hydrogen-bond acceptors (Lipinski definition) is 6. The average Bonchev–Trinajstić information content (AvgIpc) is 3.21. The fourth-order valence-electron chi connectivity index (χ4n) is 2.96. The van der Waals surface area contributed by atoms with Crippen LogP contribution < -0.4 is 10.9 Å². The van der Waals surface area contributed by atoms with E-state index in [0.717, 1.165) is 15.3 Å². The van der Waals surface area contributed by atoms with Gasteiger partial charge < -0.3 is 5.32 Å². The number of nitrogens with one attached hydrogen (secondary N) is 1. The van der Waals surface area contributed by atoms with Crippen LogP contribution in [0, 0.1) is 11.3 Å². The van der Waals surface area contributed by atoms with Gasteiger partial charge in [-0.05, 0) is 35.9 Å². The highest BCUT2D eigenvalue weighted by Gasteiger charge is 2.13. The van der Waals surface area contributed by atoms with Crippen LogP contribution in [-0.2, 0) is 11.3 Å². The van der Waals surface area contributed by atoms with Crippen LogP contribution in [0.3, 0.4) is 0 Å². The summed E-state index contributed by atoms with van der Waals surface area (Å²) in [5.74, 6) is -0.0657. The number of rotatable bonds is 6. The molecule has 0 spiro atoms. The van der Waals surface area contributed by atoms with Crippen LogP contribution in [0.15, 0.2) is 70.6 Å². The molecule has 31 heavy (non-hydrogen) atoms. The van der Waals surface area contributed by atoms with Gasteiger partial charge in [0.15, 0.2) is 0 Å². The minimum Gasteiger partial charge on any atom is -0.324 e. The van der Waals surface area contributed by atoms with Crippen molar-refractivity contribution in [3.05, 3.63) is 76.3 Å². The number of thioether (sulfide) groups is 1. The summed E-state index contributed by atoms with van der Waals surface area (Å²) in [6, 6.07) is 18.5. The Labute approximate surface area is 191 Å². The van der Waals surface area contributed by atoms with Crippen molar-refractivity contribution in [2.24, 2.45) is 0 Å². The van der Waals surface area contributed by atoms with E-state index in [1.54, 1.807) is 24.3 Å². The van der Waals surface area contributed by atoms with Gasteiger partial charge in [0.1, 0.15) is 11.2 Å². The number of nitriles is 1. The molecule has 0 fully saturated rings. The molecule has 0 saturated heterocycles. The average molecular weight is 467 g/mol. The molecule has 4 rings (SSSR count). The van der Waals surface area contributed by atoms with E-state index in [1.807, 2.05) is 30.3 Å². The lowest BCUT2D eigenvalue weighted by atomic mass is 10.2. The first-order chi connectivity index (χ1) is 15.0. The number of aromatic nitrogens is 2. The predicted octanol–water partition coefficient (Wildman–Crippen LogP) is 5.03. The lowest BCUT2D eigenvalue weighted by molar-refractivity contribution is -0.116. The molecular weight excluding hydrogens is 452 g/mol. The van der Waals surface area contributed by atoms with Crippen molar-refractivity contribution in [2.75, 3.05) is 11.1 Å². The van der Waals surface area contributed by atoms with Gasteiger partial charge in [0, 0.05) is 14.8 Å². The minimum atomic E-state index is -0.345. The molecule has 2 heterocycles. The van der Waals surface area contributed by atoms with Crippen molar-refractivity contribution < 1.29 is 4.79 Å². The summed E-state index contributed by atoms with van der Waals surface area (Å²) in [7, 11) is 0. The number of fused-ring (bicyclic) bond motifs is 1. The van der Waals surface area contributed by atoms with E-state index in [2.05, 4.69) is 16.4 Å². The molecule has 1 N–H and O–H groups in total. The van der Waals surface area contributed by atoms with E-state index < -0.39 is 0 Å². The second-order valence-electron chi connectivity index (χ2n) is 6.50. The summed E-state index contributed by atoms with van der Waals surface area (Å²) in [5.41, 5.74) is 1.88. The zero-order chi connectivity index (χ0) is 21.8. The number of para-hydroxylation sites is 1. The Bertz CT molecular complexity index is 1360. The highest BCUT2D eigenvalue weighted by molar-refractivity contribution is 7.99. The smallest absolute Gasteiger partial charge is 0.271 e. The quantitative estimate of drug-likeness (QED) is 0.402. The Kier molecular flexibility index (Phi) is 6.37. The fraction of sp³-hybridized carbons (Fsp3) is 0.0909. The molecule has 0 unspecified atom stereocenters. The predicted molar refractivity (Wildman–Crippen MR) is 126 cm³/mol. The Hall–Kier alpha value is -3.12. The number of amides is 1. The van der Waals surface area contributed by atoms with E-state index in [9.17, 15) is 9.59 Å². The number of carbonyl (C=O) groups is 1. The van der Waals surface area contributed by atoms with Crippen molar-refractivity contribution in [1.29, 1.82) is 5.26 Å². The topological polar surface area (TPSA) is 87.8 Å². The molecule has 0 bridgehead atoms. The number of anilines is 1. The monoisotopic (exact) mass is 466 g/mol. The Balaban J connectivity index is 1.56. The molecule has 2 aromatic heterocycles. The van der Waals surface area contributed by atoms with Crippen molar-refractivity contribution in [3.8, 4) is 16.5 Å². The third kappa shape index (κ3) is 4.80. The first-order valence-electron chi connectivity index (χ1n) is 9.18. The normalized spacial score (nSPS) is 10.7. The van der Waals surface area contributed by atoms with Crippen molar-refractivity contribution >= 4 is 56.5 Å². The Morgan fingerprint density at radius 2 is 2.00 bits per heavy atom. The Morgan fingerprint density at radius 3 is 2.77 bits per heavy atom. The van der Waals surface area contributed by atoms with Crippen LogP contribution in [-0.4, -0.2) is 21.2 Å². The fourth-order valence-corrected chi connectivity index (χ4v) is 4.83.